The van der Waals surface area contributed by atoms with Gasteiger partial charge in [-0.2, -0.15) is 0 Å². The molecule has 108 valence electrons. The molecule has 0 radical (unpaired) electrons. The van der Waals surface area contributed by atoms with Crippen molar-refractivity contribution in [1.29, 1.82) is 0 Å². The second-order valence-electron chi connectivity index (χ2n) is 5.29. The van der Waals surface area contributed by atoms with Gasteiger partial charge >= 0.3 is 0 Å². The molecule has 3 rings (SSSR count). The third kappa shape index (κ3) is 2.59. The van der Waals surface area contributed by atoms with Gasteiger partial charge in [0.25, 0.3) is 5.69 Å². The third-order valence-electron chi connectivity index (χ3n) is 4.01. The van der Waals surface area contributed by atoms with Gasteiger partial charge in [0.2, 0.25) is 0 Å². The van der Waals surface area contributed by atoms with E-state index in [0.717, 1.165) is 23.6 Å². The Balaban J connectivity index is 1.90. The number of nitrogens with zero attached hydrogens (tertiary/aromatic N) is 1. The molecule has 1 aliphatic rings. The molecule has 1 aliphatic carbocycles. The number of rotatable bonds is 3. The Hall–Kier alpha value is -2.07. The molecule has 0 bridgehead atoms. The molecule has 0 saturated heterocycles. The van der Waals surface area contributed by atoms with Gasteiger partial charge in [-0.3, -0.25) is 10.1 Å². The van der Waals surface area contributed by atoms with Crippen molar-refractivity contribution >= 4 is 23.0 Å². The van der Waals surface area contributed by atoms with Gasteiger partial charge in [-0.25, -0.2) is 0 Å². The predicted molar refractivity (Wildman–Crippen MR) is 84.0 cm³/mol. The van der Waals surface area contributed by atoms with Crippen LogP contribution in [0.25, 0.3) is 0 Å². The first-order valence-electron chi connectivity index (χ1n) is 6.85. The average molecular weight is 303 g/mol. The van der Waals surface area contributed by atoms with Crippen molar-refractivity contribution < 1.29 is 4.92 Å². The van der Waals surface area contributed by atoms with E-state index in [9.17, 15) is 10.1 Å². The lowest BCUT2D eigenvalue weighted by Gasteiger charge is -2.17. The van der Waals surface area contributed by atoms with Crippen LogP contribution in [0.4, 0.5) is 11.4 Å². The maximum atomic E-state index is 11.0. The van der Waals surface area contributed by atoms with Crippen LogP contribution in [0.5, 0.6) is 0 Å². The van der Waals surface area contributed by atoms with Crippen LogP contribution in [0.15, 0.2) is 36.4 Å². The minimum absolute atomic E-state index is 0.148. The first-order chi connectivity index (χ1) is 10.1. The zero-order chi connectivity index (χ0) is 15.0. The fraction of sp³-hybridized carbons (Fsp3) is 0.250. The Kier molecular flexibility index (Phi) is 3.55. The Morgan fingerprint density at radius 3 is 2.90 bits per heavy atom. The summed E-state index contributed by atoms with van der Waals surface area (Å²) in [6.45, 7) is 1.78. The van der Waals surface area contributed by atoms with E-state index in [0.29, 0.717) is 5.56 Å². The monoisotopic (exact) mass is 302 g/mol. The Labute approximate surface area is 127 Å². The largest absolute Gasteiger partial charge is 0.378 e. The molecule has 0 aliphatic heterocycles. The SMILES string of the molecule is Cc1c(NC2CCc3cc(Cl)ccc32)cccc1[N+](=O)[O-]. The molecule has 1 N–H and O–H groups in total. The van der Waals surface area contributed by atoms with E-state index < -0.39 is 0 Å². The Morgan fingerprint density at radius 2 is 2.14 bits per heavy atom. The van der Waals surface area contributed by atoms with Crippen LogP contribution >= 0.6 is 11.6 Å². The number of halogens is 1. The van der Waals surface area contributed by atoms with Crippen molar-refractivity contribution in [1.82, 2.24) is 0 Å². The van der Waals surface area contributed by atoms with E-state index in [1.54, 1.807) is 13.0 Å². The molecule has 2 aromatic rings. The van der Waals surface area contributed by atoms with Crippen molar-refractivity contribution in [3.8, 4) is 0 Å². The van der Waals surface area contributed by atoms with E-state index in [2.05, 4.69) is 5.32 Å². The number of benzene rings is 2. The summed E-state index contributed by atoms with van der Waals surface area (Å²) in [4.78, 5) is 10.7. The smallest absolute Gasteiger partial charge is 0.274 e. The molecule has 0 spiro atoms. The minimum Gasteiger partial charge on any atom is -0.378 e. The molecule has 2 aromatic carbocycles. The lowest BCUT2D eigenvalue weighted by atomic mass is 10.1. The molecular weight excluding hydrogens is 288 g/mol. The van der Waals surface area contributed by atoms with Crippen LogP contribution in [-0.4, -0.2) is 4.92 Å². The topological polar surface area (TPSA) is 55.2 Å². The number of nitro benzene ring substituents is 1. The number of hydrogen-bond donors (Lipinski definition) is 1. The van der Waals surface area contributed by atoms with E-state index in [1.807, 2.05) is 24.3 Å². The summed E-state index contributed by atoms with van der Waals surface area (Å²) in [7, 11) is 0. The van der Waals surface area contributed by atoms with Crippen molar-refractivity contribution in [3.05, 3.63) is 68.2 Å². The van der Waals surface area contributed by atoms with Crippen LogP contribution in [0.3, 0.4) is 0 Å². The van der Waals surface area contributed by atoms with Crippen LogP contribution in [0.1, 0.15) is 29.2 Å². The molecule has 21 heavy (non-hydrogen) atoms. The molecule has 5 heteroatoms. The normalized spacial score (nSPS) is 16.6. The molecule has 1 unspecified atom stereocenters. The fourth-order valence-electron chi connectivity index (χ4n) is 2.90. The Morgan fingerprint density at radius 1 is 1.33 bits per heavy atom. The standard InChI is InChI=1S/C16H15ClN2O2/c1-10-14(3-2-4-16(10)19(20)21)18-15-8-5-11-9-12(17)6-7-13(11)15/h2-4,6-7,9,15,18H,5,8H2,1H3. The van der Waals surface area contributed by atoms with Gasteiger partial charge in [0.05, 0.1) is 11.0 Å². The number of nitro groups is 1. The first kappa shape index (κ1) is 13.9. The van der Waals surface area contributed by atoms with Gasteiger partial charge in [-0.1, -0.05) is 23.7 Å². The summed E-state index contributed by atoms with van der Waals surface area (Å²) < 4.78 is 0. The predicted octanol–water partition coefficient (Wildman–Crippen LogP) is 4.66. The zero-order valence-corrected chi connectivity index (χ0v) is 12.4. The fourth-order valence-corrected chi connectivity index (χ4v) is 3.10. The number of hydrogen-bond acceptors (Lipinski definition) is 3. The highest BCUT2D eigenvalue weighted by Crippen LogP contribution is 2.37. The van der Waals surface area contributed by atoms with Crippen molar-refractivity contribution in [2.75, 3.05) is 5.32 Å². The highest BCUT2D eigenvalue weighted by atomic mass is 35.5. The quantitative estimate of drug-likeness (QED) is 0.663. The summed E-state index contributed by atoms with van der Waals surface area (Å²) in [5, 5.41) is 15.2. The highest BCUT2D eigenvalue weighted by molar-refractivity contribution is 6.30. The molecule has 1 atom stereocenters. The number of aryl methyl sites for hydroxylation is 1. The molecule has 0 aromatic heterocycles. The second kappa shape index (κ2) is 5.37. The zero-order valence-electron chi connectivity index (χ0n) is 11.6. The summed E-state index contributed by atoms with van der Waals surface area (Å²) in [5.41, 5.74) is 4.12. The van der Waals surface area contributed by atoms with E-state index >= 15 is 0 Å². The molecule has 4 nitrogen and oxygen atoms in total. The van der Waals surface area contributed by atoms with Crippen LogP contribution in [0, 0.1) is 17.0 Å². The first-order valence-corrected chi connectivity index (χ1v) is 7.23. The van der Waals surface area contributed by atoms with Gasteiger partial charge in [0.1, 0.15) is 0 Å². The maximum absolute atomic E-state index is 11.0. The summed E-state index contributed by atoms with van der Waals surface area (Å²) >= 11 is 6.02. The molecule has 0 amide bonds. The molecule has 0 saturated carbocycles. The van der Waals surface area contributed by atoms with Gasteiger partial charge in [-0.05, 0) is 49.1 Å². The van der Waals surface area contributed by atoms with Gasteiger partial charge < -0.3 is 5.32 Å². The molecule has 0 heterocycles. The molecular formula is C16H15ClN2O2. The Bertz CT molecular complexity index is 715. The van der Waals surface area contributed by atoms with Crippen molar-refractivity contribution in [2.24, 2.45) is 0 Å². The van der Waals surface area contributed by atoms with Gasteiger partial charge in [0, 0.05) is 22.3 Å². The lowest BCUT2D eigenvalue weighted by Crippen LogP contribution is -2.08. The van der Waals surface area contributed by atoms with Crippen LogP contribution in [0.2, 0.25) is 5.02 Å². The minimum atomic E-state index is -0.344. The van der Waals surface area contributed by atoms with Crippen LogP contribution in [-0.2, 0) is 6.42 Å². The summed E-state index contributed by atoms with van der Waals surface area (Å²) in [6.07, 6.45) is 1.94. The maximum Gasteiger partial charge on any atom is 0.274 e. The highest BCUT2D eigenvalue weighted by Gasteiger charge is 2.24. The number of nitrogens with one attached hydrogen (secondary N) is 1. The van der Waals surface area contributed by atoms with E-state index in [4.69, 9.17) is 11.6 Å². The van der Waals surface area contributed by atoms with Gasteiger partial charge in [-0.15, -0.1) is 0 Å². The van der Waals surface area contributed by atoms with Crippen molar-refractivity contribution in [3.63, 3.8) is 0 Å². The molecule has 0 fully saturated rings. The van der Waals surface area contributed by atoms with Crippen LogP contribution < -0.4 is 5.32 Å². The van der Waals surface area contributed by atoms with E-state index in [-0.39, 0.29) is 16.7 Å². The van der Waals surface area contributed by atoms with Crippen molar-refractivity contribution in [2.45, 2.75) is 25.8 Å². The number of anilines is 1. The third-order valence-corrected chi connectivity index (χ3v) is 4.25. The average Bonchev–Trinajstić information content (AvgIpc) is 2.83. The summed E-state index contributed by atoms with van der Waals surface area (Å²) in [6, 6.07) is 11.2. The second-order valence-corrected chi connectivity index (χ2v) is 5.72. The van der Waals surface area contributed by atoms with Gasteiger partial charge in [0.15, 0.2) is 0 Å². The summed E-state index contributed by atoms with van der Waals surface area (Å²) in [5.74, 6) is 0. The van der Waals surface area contributed by atoms with E-state index in [1.165, 1.54) is 17.2 Å². The lowest BCUT2D eigenvalue weighted by molar-refractivity contribution is -0.385. The number of fused-ring (bicyclic) bond motifs is 1.